The van der Waals surface area contributed by atoms with E-state index in [1.54, 1.807) is 0 Å². The van der Waals surface area contributed by atoms with Crippen LogP contribution in [0, 0.1) is 0 Å². The highest BCUT2D eigenvalue weighted by molar-refractivity contribution is 9.10. The molecule has 0 radical (unpaired) electrons. The van der Waals surface area contributed by atoms with Gasteiger partial charge in [0.1, 0.15) is 11.9 Å². The Morgan fingerprint density at radius 2 is 2.06 bits per heavy atom. The maximum Gasteiger partial charge on any atom is 0.120 e. The Hall–Kier alpha value is -0.840. The molecule has 4 heteroatoms. The molecule has 1 atom stereocenters. The molecule has 0 aliphatic heterocycles. The Morgan fingerprint density at radius 3 is 2.67 bits per heavy atom. The summed E-state index contributed by atoms with van der Waals surface area (Å²) in [4.78, 5) is 0.914. The lowest BCUT2D eigenvalue weighted by atomic mass is 10.1. The minimum Gasteiger partial charge on any atom is -0.491 e. The molecule has 0 aliphatic carbocycles. The number of rotatable bonds is 4. The predicted molar refractivity (Wildman–Crippen MR) is 78.3 cm³/mol. The Balaban J connectivity index is 2.25. The molecule has 0 spiro atoms. The minimum absolute atomic E-state index is 0.130. The van der Waals surface area contributed by atoms with E-state index in [2.05, 4.69) is 15.9 Å². The molecule has 18 heavy (non-hydrogen) atoms. The largest absolute Gasteiger partial charge is 0.491 e. The second-order valence-corrected chi connectivity index (χ2v) is 6.08. The second-order valence-electron chi connectivity index (χ2n) is 4.27. The highest BCUT2D eigenvalue weighted by atomic mass is 79.9. The van der Waals surface area contributed by atoms with Gasteiger partial charge < -0.3 is 9.84 Å². The fourth-order valence-electron chi connectivity index (χ4n) is 1.68. The van der Waals surface area contributed by atoms with Gasteiger partial charge in [-0.25, -0.2) is 0 Å². The Kier molecular flexibility index (Phi) is 4.43. The standard InChI is InChI=1S/C14H15BrO2S/c1-9(2)17-11-5-3-4-10(8-11)13(16)14-12(15)6-7-18-14/h3-9,13,16H,1-2H3. The van der Waals surface area contributed by atoms with Gasteiger partial charge in [-0.2, -0.15) is 0 Å². The first-order valence-corrected chi connectivity index (χ1v) is 7.42. The van der Waals surface area contributed by atoms with E-state index in [4.69, 9.17) is 4.74 Å². The summed E-state index contributed by atoms with van der Waals surface area (Å²) in [6.07, 6.45) is -0.485. The first-order valence-electron chi connectivity index (χ1n) is 5.75. The summed E-state index contributed by atoms with van der Waals surface area (Å²) in [6, 6.07) is 9.54. The van der Waals surface area contributed by atoms with Crippen LogP contribution in [0.25, 0.3) is 0 Å². The van der Waals surface area contributed by atoms with E-state index >= 15 is 0 Å². The van der Waals surface area contributed by atoms with Crippen molar-refractivity contribution in [3.8, 4) is 5.75 Å². The maximum absolute atomic E-state index is 10.3. The summed E-state index contributed by atoms with van der Waals surface area (Å²) in [5.41, 5.74) is 0.844. The van der Waals surface area contributed by atoms with Crippen molar-refractivity contribution >= 4 is 27.3 Å². The number of aliphatic hydroxyl groups is 1. The Bertz CT molecular complexity index is 522. The SMILES string of the molecule is CC(C)Oc1cccc(C(O)c2sccc2Br)c1. The zero-order valence-corrected chi connectivity index (χ0v) is 12.7. The van der Waals surface area contributed by atoms with Crippen LogP contribution < -0.4 is 4.74 Å². The Morgan fingerprint density at radius 1 is 1.28 bits per heavy atom. The van der Waals surface area contributed by atoms with Crippen LogP contribution in [0.5, 0.6) is 5.75 Å². The summed E-state index contributed by atoms with van der Waals surface area (Å²) < 4.78 is 6.57. The molecule has 96 valence electrons. The van der Waals surface area contributed by atoms with E-state index in [1.807, 2.05) is 49.6 Å². The first-order chi connectivity index (χ1) is 8.58. The van der Waals surface area contributed by atoms with E-state index in [9.17, 15) is 5.11 Å². The molecule has 2 nitrogen and oxygen atoms in total. The van der Waals surface area contributed by atoms with Crippen LogP contribution >= 0.6 is 27.3 Å². The summed E-state index contributed by atoms with van der Waals surface area (Å²) in [6.45, 7) is 3.97. The lowest BCUT2D eigenvalue weighted by Crippen LogP contribution is -2.06. The third kappa shape index (κ3) is 3.13. The molecule has 0 aliphatic rings. The van der Waals surface area contributed by atoms with Crippen molar-refractivity contribution in [3.05, 3.63) is 50.6 Å². The molecule has 1 N–H and O–H groups in total. The molecule has 1 aromatic heterocycles. The van der Waals surface area contributed by atoms with Gasteiger partial charge in [0.2, 0.25) is 0 Å². The molecule has 0 bridgehead atoms. The monoisotopic (exact) mass is 326 g/mol. The van der Waals surface area contributed by atoms with Crippen LogP contribution in [-0.2, 0) is 0 Å². The van der Waals surface area contributed by atoms with Gasteiger partial charge in [0.15, 0.2) is 0 Å². The van der Waals surface area contributed by atoms with Crippen LogP contribution in [0.15, 0.2) is 40.2 Å². The average molecular weight is 327 g/mol. The molecular formula is C14H15BrO2S. The summed E-state index contributed by atoms with van der Waals surface area (Å²) in [7, 11) is 0. The van der Waals surface area contributed by atoms with Crippen molar-refractivity contribution in [2.45, 2.75) is 26.1 Å². The highest BCUT2D eigenvalue weighted by Crippen LogP contribution is 2.34. The van der Waals surface area contributed by atoms with E-state index in [-0.39, 0.29) is 6.10 Å². The number of benzene rings is 1. The summed E-state index contributed by atoms with van der Waals surface area (Å²) in [5.74, 6) is 0.786. The molecule has 1 heterocycles. The molecule has 2 aromatic rings. The fourth-order valence-corrected chi connectivity index (χ4v) is 3.28. The highest BCUT2D eigenvalue weighted by Gasteiger charge is 2.15. The molecule has 2 rings (SSSR count). The van der Waals surface area contributed by atoms with Gasteiger partial charge in [-0.3, -0.25) is 0 Å². The summed E-state index contributed by atoms with van der Waals surface area (Å²) in [5, 5.41) is 12.3. The molecule has 0 saturated heterocycles. The molecule has 0 fully saturated rings. The topological polar surface area (TPSA) is 29.5 Å². The normalized spacial score (nSPS) is 12.7. The maximum atomic E-state index is 10.3. The van der Waals surface area contributed by atoms with E-state index in [0.717, 1.165) is 20.7 Å². The van der Waals surface area contributed by atoms with Gasteiger partial charge >= 0.3 is 0 Å². The van der Waals surface area contributed by atoms with Gasteiger partial charge in [0.05, 0.1) is 11.0 Å². The van der Waals surface area contributed by atoms with Crippen LogP contribution in [0.2, 0.25) is 0 Å². The van der Waals surface area contributed by atoms with Crippen LogP contribution in [0.1, 0.15) is 30.4 Å². The van der Waals surface area contributed by atoms with Gasteiger partial charge in [-0.15, -0.1) is 11.3 Å². The predicted octanol–water partition coefficient (Wildman–Crippen LogP) is 4.38. The van der Waals surface area contributed by atoms with Gasteiger partial charge in [-0.1, -0.05) is 12.1 Å². The van der Waals surface area contributed by atoms with Crippen molar-refractivity contribution in [1.82, 2.24) is 0 Å². The molecule has 1 unspecified atom stereocenters. The number of aliphatic hydroxyl groups excluding tert-OH is 1. The van der Waals surface area contributed by atoms with E-state index in [0.29, 0.717) is 0 Å². The lowest BCUT2D eigenvalue weighted by molar-refractivity contribution is 0.219. The number of hydrogen-bond donors (Lipinski definition) is 1. The summed E-state index contributed by atoms with van der Waals surface area (Å²) >= 11 is 4.98. The lowest BCUT2D eigenvalue weighted by Gasteiger charge is -2.14. The van der Waals surface area contributed by atoms with E-state index in [1.165, 1.54) is 11.3 Å². The van der Waals surface area contributed by atoms with Crippen LogP contribution in [0.4, 0.5) is 0 Å². The number of hydrogen-bond acceptors (Lipinski definition) is 3. The van der Waals surface area contributed by atoms with Crippen LogP contribution in [0.3, 0.4) is 0 Å². The Labute approximate surface area is 119 Å². The van der Waals surface area contributed by atoms with Crippen molar-refractivity contribution in [2.75, 3.05) is 0 Å². The van der Waals surface area contributed by atoms with Crippen molar-refractivity contribution in [1.29, 1.82) is 0 Å². The average Bonchev–Trinajstić information content (AvgIpc) is 2.74. The van der Waals surface area contributed by atoms with Crippen molar-refractivity contribution in [2.24, 2.45) is 0 Å². The van der Waals surface area contributed by atoms with Gasteiger partial charge in [0, 0.05) is 4.47 Å². The number of ether oxygens (including phenoxy) is 1. The minimum atomic E-state index is -0.616. The quantitative estimate of drug-likeness (QED) is 0.903. The van der Waals surface area contributed by atoms with Gasteiger partial charge in [0.25, 0.3) is 0 Å². The zero-order valence-electron chi connectivity index (χ0n) is 10.3. The third-order valence-electron chi connectivity index (χ3n) is 2.44. The third-order valence-corrected chi connectivity index (χ3v) is 4.36. The molecule has 1 aromatic carbocycles. The van der Waals surface area contributed by atoms with Crippen molar-refractivity contribution < 1.29 is 9.84 Å². The van der Waals surface area contributed by atoms with Crippen LogP contribution in [-0.4, -0.2) is 11.2 Å². The molecule has 0 amide bonds. The van der Waals surface area contributed by atoms with Crippen molar-refractivity contribution in [3.63, 3.8) is 0 Å². The zero-order chi connectivity index (χ0) is 13.1. The van der Waals surface area contributed by atoms with E-state index < -0.39 is 6.10 Å². The smallest absolute Gasteiger partial charge is 0.120 e. The molecular weight excluding hydrogens is 312 g/mol. The molecule has 0 saturated carbocycles. The fraction of sp³-hybridized carbons (Fsp3) is 0.286. The number of halogens is 1. The van der Waals surface area contributed by atoms with Gasteiger partial charge in [-0.05, 0) is 58.9 Å². The number of thiophene rings is 1. The first kappa shape index (κ1) is 13.6. The second kappa shape index (κ2) is 5.87.